The lowest BCUT2D eigenvalue weighted by atomic mass is 10.0. The van der Waals surface area contributed by atoms with Crippen molar-refractivity contribution < 1.29 is 18.8 Å². The molecule has 0 saturated heterocycles. The number of benzene rings is 2. The summed E-state index contributed by atoms with van der Waals surface area (Å²) in [5, 5.41) is 0. The molecule has 0 amide bonds. The molecule has 0 aromatic heterocycles. The van der Waals surface area contributed by atoms with Crippen molar-refractivity contribution >= 4 is 5.97 Å². The SMILES string of the molecule is CCCCCCCCCCCCCc1ccccc1OC(C)OC(=O)C(C)[N+](C)(C)Cc1ccccc1. The van der Waals surface area contributed by atoms with E-state index in [4.69, 9.17) is 9.47 Å². The molecule has 37 heavy (non-hydrogen) atoms. The summed E-state index contributed by atoms with van der Waals surface area (Å²) >= 11 is 0. The molecule has 0 radical (unpaired) electrons. The highest BCUT2D eigenvalue weighted by molar-refractivity contribution is 5.74. The first kappa shape index (κ1) is 30.9. The maximum atomic E-state index is 12.9. The van der Waals surface area contributed by atoms with E-state index in [1.807, 2.05) is 37.3 Å². The van der Waals surface area contributed by atoms with Crippen molar-refractivity contribution in [3.05, 3.63) is 65.7 Å². The zero-order valence-electron chi connectivity index (χ0n) is 24.2. The highest BCUT2D eigenvalue weighted by Gasteiger charge is 2.33. The molecular formula is C33H52NO3+. The molecule has 0 saturated carbocycles. The second-order valence-corrected chi connectivity index (χ2v) is 11.1. The van der Waals surface area contributed by atoms with E-state index in [0.717, 1.165) is 25.1 Å². The average molecular weight is 511 g/mol. The van der Waals surface area contributed by atoms with Crippen molar-refractivity contribution in [2.45, 2.75) is 117 Å². The largest absolute Gasteiger partial charge is 0.455 e. The fourth-order valence-corrected chi connectivity index (χ4v) is 4.75. The summed E-state index contributed by atoms with van der Waals surface area (Å²) < 4.78 is 12.3. The molecule has 0 aliphatic carbocycles. The van der Waals surface area contributed by atoms with Crippen LogP contribution in [0.2, 0.25) is 0 Å². The lowest BCUT2D eigenvalue weighted by Crippen LogP contribution is -2.51. The molecule has 4 heteroatoms. The van der Waals surface area contributed by atoms with Gasteiger partial charge >= 0.3 is 5.97 Å². The third kappa shape index (κ3) is 12.2. The summed E-state index contributed by atoms with van der Waals surface area (Å²) in [7, 11) is 4.13. The molecule has 2 rings (SSSR count). The van der Waals surface area contributed by atoms with Gasteiger partial charge in [-0.25, -0.2) is 4.79 Å². The fourth-order valence-electron chi connectivity index (χ4n) is 4.75. The van der Waals surface area contributed by atoms with Gasteiger partial charge < -0.3 is 14.0 Å². The maximum Gasteiger partial charge on any atom is 0.367 e. The number of likely N-dealkylation sites (N-methyl/N-ethyl adjacent to an activating group) is 1. The van der Waals surface area contributed by atoms with Crippen molar-refractivity contribution in [2.24, 2.45) is 0 Å². The van der Waals surface area contributed by atoms with Crippen LogP contribution in [-0.2, 0) is 22.5 Å². The van der Waals surface area contributed by atoms with Crippen molar-refractivity contribution in [3.63, 3.8) is 0 Å². The number of carbonyl (C=O) groups excluding carboxylic acids is 1. The number of rotatable bonds is 19. The molecule has 0 N–H and O–H groups in total. The first-order valence-corrected chi connectivity index (χ1v) is 14.6. The Morgan fingerprint density at radius 1 is 0.757 bits per heavy atom. The number of hydrogen-bond donors (Lipinski definition) is 0. The van der Waals surface area contributed by atoms with Gasteiger partial charge in [0.25, 0.3) is 0 Å². The Morgan fingerprint density at radius 2 is 1.30 bits per heavy atom. The summed E-state index contributed by atoms with van der Waals surface area (Å²) in [6.07, 6.45) is 15.1. The molecule has 0 heterocycles. The lowest BCUT2D eigenvalue weighted by molar-refractivity contribution is -0.917. The lowest BCUT2D eigenvalue weighted by Gasteiger charge is -2.35. The Kier molecular flexibility index (Phi) is 14.4. The quantitative estimate of drug-likeness (QED) is 0.0823. The van der Waals surface area contributed by atoms with E-state index in [9.17, 15) is 4.79 Å². The van der Waals surface area contributed by atoms with E-state index < -0.39 is 6.29 Å². The van der Waals surface area contributed by atoms with Gasteiger partial charge in [-0.05, 0) is 31.4 Å². The number of unbranched alkanes of at least 4 members (excludes halogenated alkanes) is 10. The molecule has 0 aliphatic heterocycles. The van der Waals surface area contributed by atoms with Gasteiger partial charge in [0.1, 0.15) is 12.3 Å². The normalized spacial score (nSPS) is 13.2. The third-order valence-corrected chi connectivity index (χ3v) is 7.42. The third-order valence-electron chi connectivity index (χ3n) is 7.42. The van der Waals surface area contributed by atoms with Crippen LogP contribution in [0.3, 0.4) is 0 Å². The van der Waals surface area contributed by atoms with Crippen LogP contribution < -0.4 is 4.74 Å². The predicted octanol–water partition coefficient (Wildman–Crippen LogP) is 8.47. The summed E-state index contributed by atoms with van der Waals surface area (Å²) in [6, 6.07) is 18.1. The number of carbonyl (C=O) groups is 1. The van der Waals surface area contributed by atoms with Crippen LogP contribution >= 0.6 is 0 Å². The van der Waals surface area contributed by atoms with E-state index in [-0.39, 0.29) is 12.0 Å². The van der Waals surface area contributed by atoms with E-state index in [1.54, 1.807) is 6.92 Å². The second-order valence-electron chi connectivity index (χ2n) is 11.1. The molecule has 2 aromatic rings. The zero-order chi connectivity index (χ0) is 26.9. The number of nitrogens with zero attached hydrogens (tertiary/aromatic N) is 1. The Balaban J connectivity index is 1.72. The number of esters is 1. The molecule has 206 valence electrons. The summed E-state index contributed by atoms with van der Waals surface area (Å²) in [4.78, 5) is 12.9. The Hall–Kier alpha value is -2.33. The number of quaternary nitrogens is 1. The van der Waals surface area contributed by atoms with Crippen LogP contribution in [0.25, 0.3) is 0 Å². The van der Waals surface area contributed by atoms with E-state index in [0.29, 0.717) is 4.48 Å². The predicted molar refractivity (Wildman–Crippen MR) is 155 cm³/mol. The van der Waals surface area contributed by atoms with E-state index in [1.165, 1.54) is 75.3 Å². The van der Waals surface area contributed by atoms with Gasteiger partial charge in [0.2, 0.25) is 6.29 Å². The van der Waals surface area contributed by atoms with Crippen LogP contribution in [0, 0.1) is 0 Å². The molecule has 2 atom stereocenters. The van der Waals surface area contributed by atoms with Crippen molar-refractivity contribution in [1.29, 1.82) is 0 Å². The monoisotopic (exact) mass is 510 g/mol. The zero-order valence-corrected chi connectivity index (χ0v) is 24.2. The summed E-state index contributed by atoms with van der Waals surface area (Å²) in [5.41, 5.74) is 2.39. The molecule has 0 aliphatic rings. The minimum Gasteiger partial charge on any atom is -0.455 e. The van der Waals surface area contributed by atoms with Crippen molar-refractivity contribution in [3.8, 4) is 5.75 Å². The van der Waals surface area contributed by atoms with Gasteiger partial charge in [0.05, 0.1) is 14.1 Å². The molecular weight excluding hydrogens is 458 g/mol. The Labute approximate surface area is 227 Å². The number of para-hydroxylation sites is 1. The molecule has 4 nitrogen and oxygen atoms in total. The van der Waals surface area contributed by atoms with Gasteiger partial charge in [0, 0.05) is 12.5 Å². The van der Waals surface area contributed by atoms with Crippen LogP contribution in [0.5, 0.6) is 5.75 Å². The molecule has 0 bridgehead atoms. The van der Waals surface area contributed by atoms with Gasteiger partial charge in [-0.2, -0.15) is 0 Å². The molecule has 2 unspecified atom stereocenters. The number of hydrogen-bond acceptors (Lipinski definition) is 3. The first-order chi connectivity index (χ1) is 17.8. The van der Waals surface area contributed by atoms with Gasteiger partial charge in [-0.1, -0.05) is 120 Å². The first-order valence-electron chi connectivity index (χ1n) is 14.6. The smallest absolute Gasteiger partial charge is 0.367 e. The molecule has 0 spiro atoms. The van der Waals surface area contributed by atoms with Crippen LogP contribution in [-0.4, -0.2) is 36.9 Å². The average Bonchev–Trinajstić information content (AvgIpc) is 2.88. The Bertz CT molecular complexity index is 880. The summed E-state index contributed by atoms with van der Waals surface area (Å²) in [6.45, 7) is 6.77. The fraction of sp³-hybridized carbons (Fsp3) is 0.606. The van der Waals surface area contributed by atoms with Gasteiger partial charge in [-0.15, -0.1) is 0 Å². The molecule has 0 fully saturated rings. The standard InChI is InChI=1S/C33H52NO3/c1-6-7-8-9-10-11-12-13-14-15-19-24-31-25-20-21-26-32(31)36-29(3)37-33(35)28(2)34(4,5)27-30-22-17-16-18-23-30/h16-18,20-23,25-26,28-29H,6-15,19,24,27H2,1-5H3/q+1. The minimum absolute atomic E-state index is 0.240. The number of ether oxygens (including phenoxy) is 2. The van der Waals surface area contributed by atoms with E-state index in [2.05, 4.69) is 45.3 Å². The number of aryl methyl sites for hydroxylation is 1. The van der Waals surface area contributed by atoms with E-state index >= 15 is 0 Å². The highest BCUT2D eigenvalue weighted by atomic mass is 16.7. The van der Waals surface area contributed by atoms with Crippen molar-refractivity contribution in [1.82, 2.24) is 0 Å². The van der Waals surface area contributed by atoms with Crippen LogP contribution in [0.1, 0.15) is 103 Å². The molecule has 2 aromatic carbocycles. The highest BCUT2D eigenvalue weighted by Crippen LogP contribution is 2.23. The van der Waals surface area contributed by atoms with Crippen LogP contribution in [0.15, 0.2) is 54.6 Å². The van der Waals surface area contributed by atoms with Gasteiger partial charge in [0.15, 0.2) is 6.04 Å². The maximum absolute atomic E-state index is 12.9. The topological polar surface area (TPSA) is 35.5 Å². The van der Waals surface area contributed by atoms with Gasteiger partial charge in [-0.3, -0.25) is 0 Å². The van der Waals surface area contributed by atoms with Crippen LogP contribution in [0.4, 0.5) is 0 Å². The second kappa shape index (κ2) is 17.2. The summed E-state index contributed by atoms with van der Waals surface area (Å²) in [5.74, 6) is 0.580. The minimum atomic E-state index is -0.634. The van der Waals surface area contributed by atoms with Crippen molar-refractivity contribution in [2.75, 3.05) is 14.1 Å². The Morgan fingerprint density at radius 3 is 1.92 bits per heavy atom.